The lowest BCUT2D eigenvalue weighted by Gasteiger charge is -2.13. The van der Waals surface area contributed by atoms with E-state index < -0.39 is 0 Å². The first kappa shape index (κ1) is 11.4. The van der Waals surface area contributed by atoms with E-state index in [0.29, 0.717) is 0 Å². The SMILES string of the molecule is CNC(c1ccc(C)o1)c1cc(C)sc1C. The summed E-state index contributed by atoms with van der Waals surface area (Å²) >= 11 is 1.83. The van der Waals surface area contributed by atoms with Crippen LogP contribution < -0.4 is 5.32 Å². The lowest BCUT2D eigenvalue weighted by molar-refractivity contribution is 0.444. The van der Waals surface area contributed by atoms with E-state index in [2.05, 4.69) is 25.2 Å². The van der Waals surface area contributed by atoms with Gasteiger partial charge < -0.3 is 9.73 Å². The number of hydrogen-bond donors (Lipinski definition) is 1. The molecule has 2 aromatic rings. The van der Waals surface area contributed by atoms with Crippen LogP contribution in [0.2, 0.25) is 0 Å². The molecule has 0 aliphatic heterocycles. The van der Waals surface area contributed by atoms with Crippen LogP contribution in [0.3, 0.4) is 0 Å². The molecule has 1 N–H and O–H groups in total. The normalized spacial score (nSPS) is 13.0. The van der Waals surface area contributed by atoms with Crippen LogP contribution in [0.15, 0.2) is 22.6 Å². The van der Waals surface area contributed by atoms with Gasteiger partial charge in [0.1, 0.15) is 11.5 Å². The van der Waals surface area contributed by atoms with Gasteiger partial charge in [-0.2, -0.15) is 0 Å². The minimum absolute atomic E-state index is 0.165. The summed E-state index contributed by atoms with van der Waals surface area (Å²) in [7, 11) is 1.97. The molecule has 3 heteroatoms. The van der Waals surface area contributed by atoms with Crippen LogP contribution in [0.25, 0.3) is 0 Å². The molecule has 0 spiro atoms. The Bertz CT molecular complexity index is 484. The van der Waals surface area contributed by atoms with Crippen molar-refractivity contribution in [1.29, 1.82) is 0 Å². The van der Waals surface area contributed by atoms with Crippen molar-refractivity contribution in [3.63, 3.8) is 0 Å². The van der Waals surface area contributed by atoms with Crippen molar-refractivity contribution in [2.45, 2.75) is 26.8 Å². The Hall–Kier alpha value is -1.06. The van der Waals surface area contributed by atoms with E-state index in [-0.39, 0.29) is 6.04 Å². The third-order valence-electron chi connectivity index (χ3n) is 2.72. The average molecular weight is 235 g/mol. The molecule has 16 heavy (non-hydrogen) atoms. The minimum atomic E-state index is 0.165. The second-order valence-corrected chi connectivity index (χ2v) is 5.50. The first-order valence-electron chi connectivity index (χ1n) is 5.42. The zero-order valence-electron chi connectivity index (χ0n) is 10.1. The van der Waals surface area contributed by atoms with Crippen LogP contribution in [0.4, 0.5) is 0 Å². The van der Waals surface area contributed by atoms with Gasteiger partial charge in [-0.25, -0.2) is 0 Å². The molecule has 2 heterocycles. The number of thiophene rings is 1. The summed E-state index contributed by atoms with van der Waals surface area (Å²) in [4.78, 5) is 2.70. The van der Waals surface area contributed by atoms with Crippen molar-refractivity contribution in [3.05, 3.63) is 45.0 Å². The van der Waals surface area contributed by atoms with E-state index in [1.807, 2.05) is 37.4 Å². The van der Waals surface area contributed by atoms with Crippen molar-refractivity contribution in [2.24, 2.45) is 0 Å². The van der Waals surface area contributed by atoms with Gasteiger partial charge in [-0.3, -0.25) is 0 Å². The van der Waals surface area contributed by atoms with Gasteiger partial charge >= 0.3 is 0 Å². The van der Waals surface area contributed by atoms with Crippen molar-refractivity contribution in [2.75, 3.05) is 7.05 Å². The fourth-order valence-corrected chi connectivity index (χ4v) is 2.96. The second kappa shape index (κ2) is 4.44. The summed E-state index contributed by atoms with van der Waals surface area (Å²) in [6.45, 7) is 6.27. The van der Waals surface area contributed by atoms with Crippen LogP contribution in [0.5, 0.6) is 0 Å². The summed E-state index contributed by atoms with van der Waals surface area (Å²) in [5.41, 5.74) is 1.32. The number of rotatable bonds is 3. The van der Waals surface area contributed by atoms with Crippen LogP contribution in [-0.2, 0) is 0 Å². The van der Waals surface area contributed by atoms with Gasteiger partial charge in [-0.15, -0.1) is 11.3 Å². The molecule has 86 valence electrons. The quantitative estimate of drug-likeness (QED) is 0.879. The highest BCUT2D eigenvalue weighted by molar-refractivity contribution is 7.12. The third kappa shape index (κ3) is 2.06. The zero-order valence-corrected chi connectivity index (χ0v) is 10.9. The highest BCUT2D eigenvalue weighted by Crippen LogP contribution is 2.31. The molecule has 1 atom stereocenters. The molecule has 0 saturated carbocycles. The topological polar surface area (TPSA) is 25.2 Å². The number of nitrogens with one attached hydrogen (secondary N) is 1. The zero-order chi connectivity index (χ0) is 11.7. The molecule has 0 aromatic carbocycles. The van der Waals surface area contributed by atoms with E-state index in [9.17, 15) is 0 Å². The maximum absolute atomic E-state index is 5.70. The Balaban J connectivity index is 2.40. The smallest absolute Gasteiger partial charge is 0.125 e. The van der Waals surface area contributed by atoms with E-state index in [1.165, 1.54) is 15.3 Å². The molecule has 0 aliphatic carbocycles. The number of furan rings is 1. The van der Waals surface area contributed by atoms with Crippen molar-refractivity contribution < 1.29 is 4.42 Å². The molecule has 0 radical (unpaired) electrons. The molecule has 0 aliphatic rings. The second-order valence-electron chi connectivity index (χ2n) is 4.04. The Morgan fingerprint density at radius 3 is 2.44 bits per heavy atom. The lowest BCUT2D eigenvalue weighted by Crippen LogP contribution is -2.17. The Morgan fingerprint density at radius 1 is 1.25 bits per heavy atom. The molecule has 1 unspecified atom stereocenters. The van der Waals surface area contributed by atoms with E-state index in [1.54, 1.807) is 0 Å². The van der Waals surface area contributed by atoms with Gasteiger partial charge in [-0.1, -0.05) is 0 Å². The largest absolute Gasteiger partial charge is 0.464 e. The molecular weight excluding hydrogens is 218 g/mol. The van der Waals surface area contributed by atoms with Crippen LogP contribution in [0.1, 0.15) is 32.9 Å². The number of aryl methyl sites for hydroxylation is 3. The maximum Gasteiger partial charge on any atom is 0.125 e. The fraction of sp³-hybridized carbons (Fsp3) is 0.385. The van der Waals surface area contributed by atoms with Crippen molar-refractivity contribution >= 4 is 11.3 Å². The first-order valence-corrected chi connectivity index (χ1v) is 6.24. The molecule has 0 fully saturated rings. The summed E-state index contributed by atoms with van der Waals surface area (Å²) in [5.74, 6) is 1.95. The van der Waals surface area contributed by atoms with E-state index in [4.69, 9.17) is 4.42 Å². The lowest BCUT2D eigenvalue weighted by atomic mass is 10.1. The summed E-state index contributed by atoms with van der Waals surface area (Å²) in [5, 5.41) is 3.32. The predicted octanol–water partition coefficient (Wildman–Crippen LogP) is 3.58. The van der Waals surface area contributed by atoms with Crippen LogP contribution in [0, 0.1) is 20.8 Å². The molecule has 0 bridgehead atoms. The molecule has 0 saturated heterocycles. The van der Waals surface area contributed by atoms with E-state index >= 15 is 0 Å². The minimum Gasteiger partial charge on any atom is -0.464 e. The highest BCUT2D eigenvalue weighted by Gasteiger charge is 2.18. The van der Waals surface area contributed by atoms with Gasteiger partial charge in [0.05, 0.1) is 6.04 Å². The Kier molecular flexibility index (Phi) is 3.17. The standard InChI is InChI=1S/C13H17NOS/c1-8-5-6-12(15-8)13(14-4)11-7-9(2)16-10(11)3/h5-7,13-14H,1-4H3. The van der Waals surface area contributed by atoms with Crippen LogP contribution >= 0.6 is 11.3 Å². The summed E-state index contributed by atoms with van der Waals surface area (Å²) < 4.78 is 5.70. The first-order chi connectivity index (χ1) is 7.61. The monoisotopic (exact) mass is 235 g/mol. The van der Waals surface area contributed by atoms with Gasteiger partial charge in [-0.05, 0) is 51.6 Å². The third-order valence-corrected chi connectivity index (χ3v) is 3.71. The maximum atomic E-state index is 5.70. The summed E-state index contributed by atoms with van der Waals surface area (Å²) in [6, 6.07) is 6.45. The average Bonchev–Trinajstić information content (AvgIpc) is 2.76. The van der Waals surface area contributed by atoms with Gasteiger partial charge in [0.25, 0.3) is 0 Å². The Morgan fingerprint density at radius 2 is 2.00 bits per heavy atom. The molecule has 2 rings (SSSR count). The van der Waals surface area contributed by atoms with Gasteiger partial charge in [0.2, 0.25) is 0 Å². The Labute approximate surface area is 100 Å². The van der Waals surface area contributed by atoms with E-state index in [0.717, 1.165) is 11.5 Å². The van der Waals surface area contributed by atoms with Gasteiger partial charge in [0.15, 0.2) is 0 Å². The molecule has 2 nitrogen and oxygen atoms in total. The van der Waals surface area contributed by atoms with Crippen molar-refractivity contribution in [3.8, 4) is 0 Å². The van der Waals surface area contributed by atoms with Crippen molar-refractivity contribution in [1.82, 2.24) is 5.32 Å². The predicted molar refractivity (Wildman–Crippen MR) is 68.1 cm³/mol. The molecule has 2 aromatic heterocycles. The number of hydrogen-bond acceptors (Lipinski definition) is 3. The summed E-state index contributed by atoms with van der Waals surface area (Å²) in [6.07, 6.45) is 0. The highest BCUT2D eigenvalue weighted by atomic mass is 32.1. The van der Waals surface area contributed by atoms with Gasteiger partial charge in [0, 0.05) is 9.75 Å². The van der Waals surface area contributed by atoms with Crippen LogP contribution in [-0.4, -0.2) is 7.05 Å². The fourth-order valence-electron chi connectivity index (χ4n) is 2.00. The molecular formula is C13H17NOS. The molecule has 0 amide bonds.